The van der Waals surface area contributed by atoms with Crippen LogP contribution in [0, 0.1) is 5.41 Å². The topological polar surface area (TPSA) is 116 Å². The van der Waals surface area contributed by atoms with Crippen molar-refractivity contribution in [3.05, 3.63) is 53.0 Å². The van der Waals surface area contributed by atoms with E-state index in [-0.39, 0.29) is 23.0 Å². The molecular formula is C27H33BrN4O5S. The monoisotopic (exact) mass is 604 g/mol. The maximum atomic E-state index is 13.8. The quantitative estimate of drug-likeness (QED) is 0.512. The van der Waals surface area contributed by atoms with Crippen molar-refractivity contribution < 1.29 is 22.8 Å². The van der Waals surface area contributed by atoms with E-state index in [1.807, 2.05) is 20.8 Å². The molecule has 204 valence electrons. The van der Waals surface area contributed by atoms with Gasteiger partial charge in [-0.15, -0.1) is 0 Å². The smallest absolute Gasteiger partial charge is 0.247 e. The predicted molar refractivity (Wildman–Crippen MR) is 149 cm³/mol. The van der Waals surface area contributed by atoms with Crippen molar-refractivity contribution in [1.82, 2.24) is 9.21 Å². The molecule has 0 aliphatic carbocycles. The molecule has 3 amide bonds. The van der Waals surface area contributed by atoms with Crippen molar-refractivity contribution in [2.24, 2.45) is 5.41 Å². The molecule has 2 saturated heterocycles. The average Bonchev–Trinajstić information content (AvgIpc) is 3.55. The summed E-state index contributed by atoms with van der Waals surface area (Å²) in [6.45, 7) is 6.11. The van der Waals surface area contributed by atoms with Gasteiger partial charge in [0.2, 0.25) is 27.7 Å². The minimum atomic E-state index is -4.12. The maximum absolute atomic E-state index is 13.8. The normalized spacial score (nSPS) is 20.4. The number of rotatable bonds is 6. The van der Waals surface area contributed by atoms with Crippen LogP contribution in [0.15, 0.2) is 57.9 Å². The third-order valence-corrected chi connectivity index (χ3v) is 9.30. The van der Waals surface area contributed by atoms with Gasteiger partial charge >= 0.3 is 0 Å². The molecule has 2 aliphatic rings. The van der Waals surface area contributed by atoms with Gasteiger partial charge in [-0.1, -0.05) is 48.8 Å². The number of amides is 3. The molecule has 11 heteroatoms. The number of halogens is 1. The second-order valence-electron chi connectivity index (χ2n) is 10.7. The van der Waals surface area contributed by atoms with Gasteiger partial charge in [0.25, 0.3) is 0 Å². The Kier molecular flexibility index (Phi) is 8.29. The lowest BCUT2D eigenvalue weighted by Crippen LogP contribution is -2.47. The van der Waals surface area contributed by atoms with E-state index in [4.69, 9.17) is 0 Å². The Morgan fingerprint density at radius 1 is 0.868 bits per heavy atom. The molecule has 0 saturated carbocycles. The highest BCUT2D eigenvalue weighted by Gasteiger charge is 2.42. The maximum Gasteiger partial charge on any atom is 0.247 e. The largest absolute Gasteiger partial charge is 0.330 e. The summed E-state index contributed by atoms with van der Waals surface area (Å²) in [5.74, 6) is -0.946. The number of hydrogen-bond donors (Lipinski definition) is 2. The van der Waals surface area contributed by atoms with E-state index in [1.165, 1.54) is 16.4 Å². The Morgan fingerprint density at radius 2 is 1.47 bits per heavy atom. The molecule has 2 aliphatic heterocycles. The zero-order chi connectivity index (χ0) is 27.7. The lowest BCUT2D eigenvalue weighted by atomic mass is 9.94. The van der Waals surface area contributed by atoms with E-state index in [0.29, 0.717) is 37.9 Å². The Balaban J connectivity index is 1.54. The van der Waals surface area contributed by atoms with Crippen molar-refractivity contribution in [3.63, 3.8) is 0 Å². The Hall–Kier alpha value is -2.76. The van der Waals surface area contributed by atoms with Crippen LogP contribution in [0.25, 0.3) is 0 Å². The number of carbonyl (C=O) groups is 3. The lowest BCUT2D eigenvalue weighted by molar-refractivity contribution is -0.143. The van der Waals surface area contributed by atoms with Crippen molar-refractivity contribution in [1.29, 1.82) is 0 Å². The molecular weight excluding hydrogens is 572 g/mol. The Morgan fingerprint density at radius 3 is 2.16 bits per heavy atom. The third kappa shape index (κ3) is 5.94. The third-order valence-electron chi connectivity index (χ3n) is 6.81. The van der Waals surface area contributed by atoms with Gasteiger partial charge in [-0.2, -0.15) is 4.31 Å². The highest BCUT2D eigenvalue weighted by atomic mass is 79.9. The average molecular weight is 606 g/mol. The molecule has 38 heavy (non-hydrogen) atoms. The fourth-order valence-electron chi connectivity index (χ4n) is 4.90. The second-order valence-corrected chi connectivity index (χ2v) is 13.4. The first kappa shape index (κ1) is 28.3. The van der Waals surface area contributed by atoms with E-state index in [0.717, 1.165) is 4.47 Å². The number of sulfonamides is 1. The number of benzene rings is 2. The van der Waals surface area contributed by atoms with Gasteiger partial charge in [0.15, 0.2) is 0 Å². The number of carbonyl (C=O) groups excluding carboxylic acids is 3. The van der Waals surface area contributed by atoms with E-state index < -0.39 is 39.3 Å². The van der Waals surface area contributed by atoms with Crippen molar-refractivity contribution in [2.45, 2.75) is 63.4 Å². The number of nitrogens with zero attached hydrogens (tertiary/aromatic N) is 2. The van der Waals surface area contributed by atoms with Crippen LogP contribution >= 0.6 is 15.9 Å². The van der Waals surface area contributed by atoms with Crippen LogP contribution in [-0.2, 0) is 24.4 Å². The van der Waals surface area contributed by atoms with E-state index in [9.17, 15) is 22.8 Å². The van der Waals surface area contributed by atoms with Crippen LogP contribution in [0.4, 0.5) is 11.4 Å². The zero-order valence-electron chi connectivity index (χ0n) is 21.7. The minimum Gasteiger partial charge on any atom is -0.330 e. The van der Waals surface area contributed by atoms with E-state index in [1.54, 1.807) is 41.3 Å². The first-order chi connectivity index (χ1) is 17.9. The van der Waals surface area contributed by atoms with Gasteiger partial charge in [0.05, 0.1) is 5.69 Å². The van der Waals surface area contributed by atoms with Gasteiger partial charge in [-0.05, 0) is 62.1 Å². The van der Waals surface area contributed by atoms with E-state index in [2.05, 4.69) is 26.6 Å². The van der Waals surface area contributed by atoms with Gasteiger partial charge in [-0.25, -0.2) is 8.42 Å². The fourth-order valence-corrected chi connectivity index (χ4v) is 6.97. The standard InChI is InChI=1S/C27H33BrN4O5S/c1-27(2,3)26(35)31-16-6-9-21(31)24(33)30-20-8-4-5-11-23(20)38(36,37)32-17-7-10-22(32)25(34)29-19-14-12-18(28)13-15-19/h4-5,8,11-15,21-22H,6-7,9-10,16-17H2,1-3H3,(H,29,34)(H,30,33)/t21-,22-/m0/s1. The van der Waals surface area contributed by atoms with Crippen LogP contribution in [0.3, 0.4) is 0 Å². The summed E-state index contributed by atoms with van der Waals surface area (Å²) in [5.41, 5.74) is 0.0682. The summed E-state index contributed by atoms with van der Waals surface area (Å²) in [4.78, 5) is 40.7. The summed E-state index contributed by atoms with van der Waals surface area (Å²) in [6.07, 6.45) is 2.13. The molecule has 0 unspecified atom stereocenters. The van der Waals surface area contributed by atoms with Gasteiger partial charge in [0.1, 0.15) is 17.0 Å². The van der Waals surface area contributed by atoms with Crippen molar-refractivity contribution in [2.75, 3.05) is 23.7 Å². The number of para-hydroxylation sites is 1. The molecule has 0 aromatic heterocycles. The van der Waals surface area contributed by atoms with Crippen LogP contribution in [-0.4, -0.2) is 60.5 Å². The molecule has 2 atom stereocenters. The van der Waals surface area contributed by atoms with Gasteiger partial charge in [-0.3, -0.25) is 14.4 Å². The second kappa shape index (κ2) is 11.2. The molecule has 2 heterocycles. The van der Waals surface area contributed by atoms with E-state index >= 15 is 0 Å². The SMILES string of the molecule is CC(C)(C)C(=O)N1CCC[C@H]1C(=O)Nc1ccccc1S(=O)(=O)N1CCC[C@H]1C(=O)Nc1ccc(Br)cc1. The first-order valence-electron chi connectivity index (χ1n) is 12.7. The van der Waals surface area contributed by atoms with Crippen LogP contribution < -0.4 is 10.6 Å². The summed E-state index contributed by atoms with van der Waals surface area (Å²) < 4.78 is 29.7. The molecule has 4 rings (SSSR count). The van der Waals surface area contributed by atoms with Gasteiger partial charge < -0.3 is 15.5 Å². The van der Waals surface area contributed by atoms with Crippen molar-refractivity contribution >= 4 is 55.0 Å². The summed E-state index contributed by atoms with van der Waals surface area (Å²) in [7, 11) is -4.12. The highest BCUT2D eigenvalue weighted by Crippen LogP contribution is 2.32. The van der Waals surface area contributed by atoms with Crippen LogP contribution in [0.2, 0.25) is 0 Å². The summed E-state index contributed by atoms with van der Waals surface area (Å²) in [6, 6.07) is 11.7. The summed E-state index contributed by atoms with van der Waals surface area (Å²) >= 11 is 3.35. The number of hydrogen-bond acceptors (Lipinski definition) is 5. The zero-order valence-corrected chi connectivity index (χ0v) is 24.1. The Labute approximate surface area is 232 Å². The molecule has 2 N–H and O–H groups in total. The highest BCUT2D eigenvalue weighted by molar-refractivity contribution is 9.10. The molecule has 2 fully saturated rings. The number of nitrogens with one attached hydrogen (secondary N) is 2. The minimum absolute atomic E-state index is 0.0802. The number of likely N-dealkylation sites (tertiary alicyclic amines) is 1. The van der Waals surface area contributed by atoms with Gasteiger partial charge in [0, 0.05) is 28.7 Å². The molecule has 0 spiro atoms. The first-order valence-corrected chi connectivity index (χ1v) is 14.9. The predicted octanol–water partition coefficient (Wildman–Crippen LogP) is 4.22. The lowest BCUT2D eigenvalue weighted by Gasteiger charge is -2.30. The molecule has 9 nitrogen and oxygen atoms in total. The van der Waals surface area contributed by atoms with Crippen LogP contribution in [0.5, 0.6) is 0 Å². The molecule has 0 bridgehead atoms. The van der Waals surface area contributed by atoms with Crippen molar-refractivity contribution in [3.8, 4) is 0 Å². The van der Waals surface area contributed by atoms with Crippen LogP contribution in [0.1, 0.15) is 46.5 Å². The molecule has 2 aromatic rings. The number of anilines is 2. The molecule has 0 radical (unpaired) electrons. The fraction of sp³-hybridized carbons (Fsp3) is 0.444. The Bertz CT molecular complexity index is 1320. The summed E-state index contributed by atoms with van der Waals surface area (Å²) in [5, 5.41) is 5.57. The molecule has 2 aromatic carbocycles.